The first-order chi connectivity index (χ1) is 4.74. The molecule has 5 heteroatoms. The average molecular weight is 223 g/mol. The number of carbonyl (C=O) groups is 1. The van der Waals surface area contributed by atoms with Gasteiger partial charge in [-0.2, -0.15) is 0 Å². The molecular formula is C5H7BrN2OS. The first kappa shape index (κ1) is 7.94. The van der Waals surface area contributed by atoms with Crippen LogP contribution in [0.25, 0.3) is 0 Å². The van der Waals surface area contributed by atoms with Crippen LogP contribution in [0.5, 0.6) is 0 Å². The van der Waals surface area contributed by atoms with E-state index in [0.717, 1.165) is 10.2 Å². The Balaban J connectivity index is 2.52. The quantitative estimate of drug-likeness (QED) is 0.631. The fourth-order valence-electron chi connectivity index (χ4n) is 0.560. The van der Waals surface area contributed by atoms with Crippen molar-refractivity contribution in [3.63, 3.8) is 0 Å². The number of hydrogen-bond acceptors (Lipinski definition) is 2. The van der Waals surface area contributed by atoms with Crippen molar-refractivity contribution >= 4 is 33.9 Å². The van der Waals surface area contributed by atoms with Crippen LogP contribution in [0.3, 0.4) is 0 Å². The normalized spacial score (nSPS) is 17.0. The van der Waals surface area contributed by atoms with E-state index in [1.807, 2.05) is 0 Å². The van der Waals surface area contributed by atoms with Crippen molar-refractivity contribution < 1.29 is 4.79 Å². The summed E-state index contributed by atoms with van der Waals surface area (Å²) in [6, 6.07) is -0.0838. The van der Waals surface area contributed by atoms with Gasteiger partial charge in [0, 0.05) is 23.5 Å². The van der Waals surface area contributed by atoms with Crippen molar-refractivity contribution in [2.75, 3.05) is 12.8 Å². The molecule has 0 aromatic rings. The van der Waals surface area contributed by atoms with Crippen molar-refractivity contribution in [3.05, 3.63) is 10.7 Å². The maximum atomic E-state index is 10.9. The largest absolute Gasteiger partial charge is 0.340 e. The number of urea groups is 1. The summed E-state index contributed by atoms with van der Waals surface area (Å²) >= 11 is 4.76. The fraction of sp³-hybridized carbons (Fsp3) is 0.400. The smallest absolute Gasteiger partial charge is 0.331 e. The third-order valence-corrected chi connectivity index (χ3v) is 2.86. The molecule has 0 fully saturated rings. The van der Waals surface area contributed by atoms with Gasteiger partial charge in [0.2, 0.25) is 0 Å². The number of hydrogen-bond donors (Lipinski definition) is 1. The molecule has 0 aliphatic carbocycles. The van der Waals surface area contributed by atoms with Crippen molar-refractivity contribution in [2.45, 2.75) is 0 Å². The van der Waals surface area contributed by atoms with Gasteiger partial charge in [-0.25, -0.2) is 9.10 Å². The van der Waals surface area contributed by atoms with Crippen LogP contribution in [0.2, 0.25) is 0 Å². The van der Waals surface area contributed by atoms with E-state index in [9.17, 15) is 4.79 Å². The second-order valence-electron chi connectivity index (χ2n) is 1.73. The van der Waals surface area contributed by atoms with Crippen LogP contribution in [0, 0.1) is 0 Å². The lowest BCUT2D eigenvalue weighted by Gasteiger charge is -2.08. The molecule has 1 aliphatic rings. The number of rotatable bonds is 0. The third-order valence-electron chi connectivity index (χ3n) is 1.01. The van der Waals surface area contributed by atoms with E-state index in [2.05, 4.69) is 21.2 Å². The van der Waals surface area contributed by atoms with Crippen LogP contribution >= 0.6 is 27.9 Å². The van der Waals surface area contributed by atoms with E-state index in [0.29, 0.717) is 0 Å². The summed E-state index contributed by atoms with van der Waals surface area (Å²) in [7, 11) is 1.61. The van der Waals surface area contributed by atoms with Gasteiger partial charge in [0.25, 0.3) is 0 Å². The van der Waals surface area contributed by atoms with E-state index in [1.165, 1.54) is 11.9 Å². The van der Waals surface area contributed by atoms with Gasteiger partial charge in [0.1, 0.15) is 0 Å². The van der Waals surface area contributed by atoms with Gasteiger partial charge < -0.3 is 5.32 Å². The number of nitrogens with one attached hydrogen (secondary N) is 1. The number of amides is 2. The highest BCUT2D eigenvalue weighted by atomic mass is 79.9. The first-order valence-electron chi connectivity index (χ1n) is 2.74. The average Bonchev–Trinajstić information content (AvgIpc) is 2.34. The van der Waals surface area contributed by atoms with Crippen molar-refractivity contribution in [1.82, 2.24) is 9.62 Å². The third kappa shape index (κ3) is 1.67. The van der Waals surface area contributed by atoms with E-state index in [1.54, 1.807) is 17.6 Å². The van der Waals surface area contributed by atoms with Crippen molar-refractivity contribution in [2.24, 2.45) is 0 Å². The Morgan fingerprint density at radius 2 is 2.70 bits per heavy atom. The number of carbonyl (C=O) groups excluding carboxylic acids is 1. The van der Waals surface area contributed by atoms with Crippen molar-refractivity contribution in [1.29, 1.82) is 0 Å². The Bertz CT molecular complexity index is 182. The van der Waals surface area contributed by atoms with Gasteiger partial charge in [-0.15, -0.1) is 0 Å². The minimum atomic E-state index is -0.0838. The zero-order chi connectivity index (χ0) is 7.56. The molecule has 0 aromatic carbocycles. The highest BCUT2D eigenvalue weighted by Crippen LogP contribution is 2.26. The molecule has 0 radical (unpaired) electrons. The Labute approximate surface area is 72.1 Å². The highest BCUT2D eigenvalue weighted by molar-refractivity contribution is 9.11. The summed E-state index contributed by atoms with van der Waals surface area (Å²) in [5.74, 6) is 0.841. The van der Waals surface area contributed by atoms with Crippen LogP contribution in [0.1, 0.15) is 0 Å². The second kappa shape index (κ2) is 3.30. The summed E-state index contributed by atoms with van der Waals surface area (Å²) in [5.41, 5.74) is 0. The molecule has 56 valence electrons. The summed E-state index contributed by atoms with van der Waals surface area (Å²) in [6.45, 7) is 0. The predicted molar refractivity (Wildman–Crippen MR) is 45.8 cm³/mol. The molecule has 0 unspecified atom stereocenters. The number of halogens is 1. The van der Waals surface area contributed by atoms with Crippen LogP contribution in [-0.2, 0) is 0 Å². The zero-order valence-corrected chi connectivity index (χ0v) is 7.83. The summed E-state index contributed by atoms with van der Waals surface area (Å²) in [6.07, 6.45) is 1.77. The zero-order valence-electron chi connectivity index (χ0n) is 5.43. The molecule has 0 spiro atoms. The molecule has 1 aliphatic heterocycles. The van der Waals surface area contributed by atoms with E-state index in [4.69, 9.17) is 0 Å². The lowest BCUT2D eigenvalue weighted by Crippen LogP contribution is -2.27. The molecule has 0 saturated heterocycles. The SMILES string of the molecule is CNC(=O)N1C=C(Br)CS1. The molecule has 1 N–H and O–H groups in total. The highest BCUT2D eigenvalue weighted by Gasteiger charge is 2.16. The van der Waals surface area contributed by atoms with E-state index < -0.39 is 0 Å². The Morgan fingerprint density at radius 1 is 2.00 bits per heavy atom. The number of nitrogens with zero attached hydrogens (tertiary/aromatic N) is 1. The maximum Gasteiger partial charge on any atom is 0.331 e. The van der Waals surface area contributed by atoms with Crippen LogP contribution in [0.4, 0.5) is 4.79 Å². The van der Waals surface area contributed by atoms with Gasteiger partial charge in [-0.1, -0.05) is 15.9 Å². The Hall–Kier alpha value is -0.160. The molecule has 2 amide bonds. The van der Waals surface area contributed by atoms with E-state index >= 15 is 0 Å². The minimum absolute atomic E-state index is 0.0838. The molecule has 0 bridgehead atoms. The van der Waals surface area contributed by atoms with E-state index in [-0.39, 0.29) is 6.03 Å². The van der Waals surface area contributed by atoms with Crippen molar-refractivity contribution in [3.8, 4) is 0 Å². The van der Waals surface area contributed by atoms with Gasteiger partial charge >= 0.3 is 6.03 Å². The maximum absolute atomic E-state index is 10.9. The van der Waals surface area contributed by atoms with Crippen LogP contribution in [0.15, 0.2) is 10.7 Å². The Kier molecular flexibility index (Phi) is 2.62. The topological polar surface area (TPSA) is 32.3 Å². The molecule has 3 nitrogen and oxygen atoms in total. The molecule has 0 aromatic heterocycles. The minimum Gasteiger partial charge on any atom is -0.340 e. The fourth-order valence-corrected chi connectivity index (χ4v) is 1.96. The van der Waals surface area contributed by atoms with Gasteiger partial charge in [0.15, 0.2) is 0 Å². The summed E-state index contributed by atoms with van der Waals surface area (Å²) in [5, 5.41) is 2.53. The standard InChI is InChI=1S/C5H7BrN2OS/c1-7-5(9)8-2-4(6)3-10-8/h2H,3H2,1H3,(H,7,9). The lowest BCUT2D eigenvalue weighted by molar-refractivity contribution is 0.236. The summed E-state index contributed by atoms with van der Waals surface area (Å²) < 4.78 is 2.60. The predicted octanol–water partition coefficient (Wildman–Crippen LogP) is 1.53. The monoisotopic (exact) mass is 222 g/mol. The molecule has 0 atom stereocenters. The van der Waals surface area contributed by atoms with Crippen LogP contribution < -0.4 is 5.32 Å². The summed E-state index contributed by atoms with van der Waals surface area (Å²) in [4.78, 5) is 10.9. The lowest BCUT2D eigenvalue weighted by atomic mass is 10.7. The molecule has 1 rings (SSSR count). The second-order valence-corrected chi connectivity index (χ2v) is 3.69. The molecule has 10 heavy (non-hydrogen) atoms. The van der Waals surface area contributed by atoms with Gasteiger partial charge in [0.05, 0.1) is 0 Å². The molecular weight excluding hydrogens is 216 g/mol. The molecule has 0 saturated carbocycles. The van der Waals surface area contributed by atoms with Crippen LogP contribution in [-0.4, -0.2) is 23.1 Å². The Morgan fingerprint density at radius 3 is 3.10 bits per heavy atom. The van der Waals surface area contributed by atoms with Gasteiger partial charge in [-0.05, 0) is 11.9 Å². The van der Waals surface area contributed by atoms with Gasteiger partial charge in [-0.3, -0.25) is 0 Å². The molecule has 1 heterocycles. The first-order valence-corrected chi connectivity index (χ1v) is 4.47.